The van der Waals surface area contributed by atoms with Crippen molar-refractivity contribution in [1.29, 1.82) is 5.26 Å². The third-order valence-electron chi connectivity index (χ3n) is 4.42. The highest BCUT2D eigenvalue weighted by atomic mass is 16.5. The van der Waals surface area contributed by atoms with Crippen molar-refractivity contribution in [3.63, 3.8) is 0 Å². The van der Waals surface area contributed by atoms with Gasteiger partial charge in [-0.15, -0.1) is 0 Å². The molecular formula is C22H13N3O4. The average Bonchev–Trinajstić information content (AvgIpc) is 3.18. The Hall–Kier alpha value is -4.44. The minimum Gasteiger partial charge on any atom is -0.478 e. The molecule has 0 aliphatic rings. The van der Waals surface area contributed by atoms with Crippen molar-refractivity contribution in [1.82, 2.24) is 5.16 Å². The van der Waals surface area contributed by atoms with Gasteiger partial charge in [-0.2, -0.15) is 5.26 Å². The molecule has 0 saturated heterocycles. The number of rotatable bonds is 4. The number of hydrogen-bond donors (Lipinski definition) is 2. The zero-order chi connectivity index (χ0) is 20.4. The summed E-state index contributed by atoms with van der Waals surface area (Å²) in [6.45, 7) is 0. The molecule has 0 unspecified atom stereocenters. The van der Waals surface area contributed by atoms with Gasteiger partial charge in [-0.3, -0.25) is 4.79 Å². The van der Waals surface area contributed by atoms with Crippen molar-refractivity contribution in [2.24, 2.45) is 0 Å². The molecule has 140 valence electrons. The van der Waals surface area contributed by atoms with E-state index in [4.69, 9.17) is 9.78 Å². The molecular weight excluding hydrogens is 370 g/mol. The van der Waals surface area contributed by atoms with Crippen molar-refractivity contribution in [3.8, 4) is 17.2 Å². The Balaban J connectivity index is 1.71. The molecule has 0 saturated carbocycles. The molecule has 7 heteroatoms. The van der Waals surface area contributed by atoms with E-state index < -0.39 is 11.9 Å². The SMILES string of the molecule is N#Cc1ccc(NC(=O)c2onc3ccc(-c4ccccc4)cc23)c(C(=O)O)c1. The highest BCUT2D eigenvalue weighted by Gasteiger charge is 2.20. The second-order valence-corrected chi connectivity index (χ2v) is 6.24. The first-order chi connectivity index (χ1) is 14.1. The lowest BCUT2D eigenvalue weighted by molar-refractivity contribution is 0.0698. The molecule has 1 aromatic heterocycles. The first kappa shape index (κ1) is 17.9. The number of carboxylic acid groups (broad SMARTS) is 1. The summed E-state index contributed by atoms with van der Waals surface area (Å²) in [7, 11) is 0. The van der Waals surface area contributed by atoms with Gasteiger partial charge in [0.1, 0.15) is 5.52 Å². The molecule has 0 aliphatic carbocycles. The van der Waals surface area contributed by atoms with E-state index >= 15 is 0 Å². The van der Waals surface area contributed by atoms with E-state index in [0.29, 0.717) is 10.9 Å². The maximum absolute atomic E-state index is 12.8. The topological polar surface area (TPSA) is 116 Å². The van der Waals surface area contributed by atoms with E-state index in [1.165, 1.54) is 18.2 Å². The van der Waals surface area contributed by atoms with E-state index in [1.54, 1.807) is 12.1 Å². The van der Waals surface area contributed by atoms with E-state index in [0.717, 1.165) is 11.1 Å². The van der Waals surface area contributed by atoms with Crippen LogP contribution in [0.25, 0.3) is 22.0 Å². The van der Waals surface area contributed by atoms with Crippen LogP contribution in [-0.2, 0) is 0 Å². The zero-order valence-electron chi connectivity index (χ0n) is 14.9. The van der Waals surface area contributed by atoms with Crippen molar-refractivity contribution < 1.29 is 19.2 Å². The van der Waals surface area contributed by atoms with Gasteiger partial charge in [-0.1, -0.05) is 41.6 Å². The maximum atomic E-state index is 12.8. The summed E-state index contributed by atoms with van der Waals surface area (Å²) in [4.78, 5) is 24.2. The number of benzene rings is 3. The number of carbonyl (C=O) groups excluding carboxylic acids is 1. The maximum Gasteiger partial charge on any atom is 0.337 e. The number of nitrogens with one attached hydrogen (secondary N) is 1. The summed E-state index contributed by atoms with van der Waals surface area (Å²) in [5.41, 5.74) is 2.42. The van der Waals surface area contributed by atoms with Gasteiger partial charge in [0.05, 0.1) is 28.3 Å². The second-order valence-electron chi connectivity index (χ2n) is 6.24. The highest BCUT2D eigenvalue weighted by molar-refractivity contribution is 6.12. The standard InChI is InChI=1S/C22H13N3O4/c23-12-13-6-8-18(17(10-13)22(27)28)24-21(26)20-16-11-15(7-9-19(16)25-29-20)14-4-2-1-3-5-14/h1-11H,(H,24,26)(H,27,28). The van der Waals surface area contributed by atoms with Gasteiger partial charge < -0.3 is 14.9 Å². The van der Waals surface area contributed by atoms with Crippen LogP contribution in [0.2, 0.25) is 0 Å². The minimum absolute atomic E-state index is 0.0292. The van der Waals surface area contributed by atoms with Gasteiger partial charge >= 0.3 is 5.97 Å². The molecule has 0 aliphatic heterocycles. The third kappa shape index (κ3) is 3.42. The Labute approximate surface area is 164 Å². The van der Waals surface area contributed by atoms with Gasteiger partial charge in [0.15, 0.2) is 0 Å². The Morgan fingerprint density at radius 2 is 1.79 bits per heavy atom. The van der Waals surface area contributed by atoms with Gasteiger partial charge in [0, 0.05) is 0 Å². The largest absolute Gasteiger partial charge is 0.478 e. The van der Waals surface area contributed by atoms with Crippen molar-refractivity contribution in [2.75, 3.05) is 5.32 Å². The number of nitrogens with zero attached hydrogens (tertiary/aromatic N) is 2. The van der Waals surface area contributed by atoms with Gasteiger partial charge in [0.25, 0.3) is 5.91 Å². The molecule has 2 N–H and O–H groups in total. The summed E-state index contributed by atoms with van der Waals surface area (Å²) >= 11 is 0. The monoisotopic (exact) mass is 383 g/mol. The Morgan fingerprint density at radius 1 is 1.00 bits per heavy atom. The second kappa shape index (κ2) is 7.29. The molecule has 29 heavy (non-hydrogen) atoms. The van der Waals surface area contributed by atoms with Gasteiger partial charge in [0.2, 0.25) is 5.76 Å². The van der Waals surface area contributed by atoms with E-state index in [9.17, 15) is 14.7 Å². The fraction of sp³-hybridized carbons (Fsp3) is 0. The van der Waals surface area contributed by atoms with Crippen molar-refractivity contribution >= 4 is 28.5 Å². The summed E-state index contributed by atoms with van der Waals surface area (Å²) < 4.78 is 5.22. The molecule has 0 spiro atoms. The van der Waals surface area contributed by atoms with Crippen LogP contribution in [0, 0.1) is 11.3 Å². The van der Waals surface area contributed by atoms with E-state index in [1.807, 2.05) is 42.5 Å². The number of hydrogen-bond acceptors (Lipinski definition) is 5. The van der Waals surface area contributed by atoms with Crippen LogP contribution in [0.5, 0.6) is 0 Å². The summed E-state index contributed by atoms with van der Waals surface area (Å²) in [5, 5.41) is 25.3. The molecule has 1 amide bonds. The number of nitriles is 1. The molecule has 0 bridgehead atoms. The predicted octanol–water partition coefficient (Wildman–Crippen LogP) is 4.32. The van der Waals surface area contributed by atoms with Crippen molar-refractivity contribution in [3.05, 3.63) is 83.6 Å². The number of carboxylic acids is 1. The first-order valence-corrected chi connectivity index (χ1v) is 8.60. The third-order valence-corrected chi connectivity index (χ3v) is 4.42. The summed E-state index contributed by atoms with van der Waals surface area (Å²) in [6, 6.07) is 20.9. The smallest absolute Gasteiger partial charge is 0.337 e. The number of aromatic nitrogens is 1. The van der Waals surface area contributed by atoms with E-state index in [2.05, 4.69) is 10.5 Å². The van der Waals surface area contributed by atoms with Crippen LogP contribution in [0.1, 0.15) is 26.5 Å². The lowest BCUT2D eigenvalue weighted by Gasteiger charge is -2.07. The quantitative estimate of drug-likeness (QED) is 0.542. The number of anilines is 1. The van der Waals surface area contributed by atoms with Gasteiger partial charge in [-0.25, -0.2) is 4.79 Å². The lowest BCUT2D eigenvalue weighted by Crippen LogP contribution is -2.14. The summed E-state index contributed by atoms with van der Waals surface area (Å²) in [6.07, 6.45) is 0. The zero-order valence-corrected chi connectivity index (χ0v) is 14.9. The average molecular weight is 383 g/mol. The van der Waals surface area contributed by atoms with E-state index in [-0.39, 0.29) is 22.6 Å². The number of aromatic carboxylic acids is 1. The normalized spacial score (nSPS) is 10.4. The molecule has 3 aromatic carbocycles. The number of amides is 1. The summed E-state index contributed by atoms with van der Waals surface area (Å²) in [5.74, 6) is -1.92. The highest BCUT2D eigenvalue weighted by Crippen LogP contribution is 2.27. The predicted molar refractivity (Wildman–Crippen MR) is 106 cm³/mol. The van der Waals surface area contributed by atoms with Crippen molar-refractivity contribution in [2.45, 2.75) is 0 Å². The van der Waals surface area contributed by atoms with Crippen LogP contribution >= 0.6 is 0 Å². The molecule has 1 heterocycles. The molecule has 0 atom stereocenters. The van der Waals surface area contributed by atoms with Gasteiger partial charge in [-0.05, 0) is 41.5 Å². The van der Waals surface area contributed by atoms with Crippen LogP contribution in [-0.4, -0.2) is 22.1 Å². The Kier molecular flexibility index (Phi) is 4.51. The minimum atomic E-state index is -1.26. The number of fused-ring (bicyclic) bond motifs is 1. The van der Waals surface area contributed by atoms with Crippen LogP contribution < -0.4 is 5.32 Å². The van der Waals surface area contributed by atoms with Crippen LogP contribution in [0.15, 0.2) is 71.3 Å². The molecule has 4 aromatic rings. The lowest BCUT2D eigenvalue weighted by atomic mass is 10.0. The molecule has 4 rings (SSSR count). The Morgan fingerprint density at radius 3 is 2.52 bits per heavy atom. The van der Waals surface area contributed by atoms with Crippen LogP contribution in [0.3, 0.4) is 0 Å². The molecule has 0 radical (unpaired) electrons. The fourth-order valence-corrected chi connectivity index (χ4v) is 2.99. The molecule has 7 nitrogen and oxygen atoms in total. The fourth-order valence-electron chi connectivity index (χ4n) is 2.99. The molecule has 0 fully saturated rings. The van der Waals surface area contributed by atoms with Crippen LogP contribution in [0.4, 0.5) is 5.69 Å². The number of carbonyl (C=O) groups is 2. The Bertz CT molecular complexity index is 1290. The first-order valence-electron chi connectivity index (χ1n) is 8.60.